The molecule has 2 aliphatic rings. The number of aliphatic hydroxyl groups is 1. The molecule has 2 aromatic rings. The Bertz CT molecular complexity index is 861. The van der Waals surface area contributed by atoms with Crippen LogP contribution in [0.2, 0.25) is 10.0 Å². The van der Waals surface area contributed by atoms with E-state index in [1.54, 1.807) is 23.1 Å². The van der Waals surface area contributed by atoms with Crippen molar-refractivity contribution in [2.75, 3.05) is 0 Å². The lowest BCUT2D eigenvalue weighted by molar-refractivity contribution is -0.144. The molecule has 4 rings (SSSR count). The highest BCUT2D eigenvalue weighted by Gasteiger charge is 2.45. The number of rotatable bonds is 2. The molecule has 1 fully saturated rings. The van der Waals surface area contributed by atoms with Gasteiger partial charge in [0.1, 0.15) is 0 Å². The SMILES string of the molecule is O=C(C(O)c1ccc(Cl)c(Cl)c1)N1[C@H]2CC[C@@H]1c1ccnc(F)c1C2. The largest absolute Gasteiger partial charge is 0.378 e. The van der Waals surface area contributed by atoms with E-state index in [4.69, 9.17) is 23.2 Å². The van der Waals surface area contributed by atoms with Gasteiger partial charge < -0.3 is 10.0 Å². The van der Waals surface area contributed by atoms with Gasteiger partial charge in [0.25, 0.3) is 5.91 Å². The van der Waals surface area contributed by atoms with Crippen LogP contribution in [-0.2, 0) is 11.2 Å². The third-order valence-electron chi connectivity index (χ3n) is 5.09. The minimum atomic E-state index is -1.33. The van der Waals surface area contributed by atoms with Crippen molar-refractivity contribution in [1.82, 2.24) is 9.88 Å². The zero-order valence-corrected chi connectivity index (χ0v) is 14.6. The van der Waals surface area contributed by atoms with Gasteiger partial charge in [0.15, 0.2) is 6.10 Å². The lowest BCUT2D eigenvalue weighted by atomic mass is 9.93. The smallest absolute Gasteiger partial charge is 0.256 e. The van der Waals surface area contributed by atoms with Crippen LogP contribution in [0.5, 0.6) is 0 Å². The minimum Gasteiger partial charge on any atom is -0.378 e. The van der Waals surface area contributed by atoms with E-state index in [1.807, 2.05) is 0 Å². The fourth-order valence-electron chi connectivity index (χ4n) is 3.92. The van der Waals surface area contributed by atoms with Gasteiger partial charge in [-0.2, -0.15) is 4.39 Å². The molecule has 1 aromatic carbocycles. The van der Waals surface area contributed by atoms with Gasteiger partial charge in [-0.25, -0.2) is 4.98 Å². The van der Waals surface area contributed by atoms with E-state index in [-0.39, 0.29) is 17.1 Å². The second kappa shape index (κ2) is 6.24. The van der Waals surface area contributed by atoms with Crippen molar-refractivity contribution in [3.05, 3.63) is 63.1 Å². The fraction of sp³-hybridized carbons (Fsp3) is 0.333. The number of aromatic nitrogens is 1. The number of benzene rings is 1. The molecular formula is C18H15Cl2FN2O2. The second-order valence-corrected chi connectivity index (χ2v) is 7.26. The van der Waals surface area contributed by atoms with Crippen molar-refractivity contribution in [1.29, 1.82) is 0 Å². The number of aliphatic hydroxyl groups excluding tert-OH is 1. The highest BCUT2D eigenvalue weighted by molar-refractivity contribution is 6.42. The third-order valence-corrected chi connectivity index (χ3v) is 5.83. The Hall–Kier alpha value is -1.69. The molecule has 3 heterocycles. The van der Waals surface area contributed by atoms with Crippen LogP contribution < -0.4 is 0 Å². The fourth-order valence-corrected chi connectivity index (χ4v) is 4.23. The van der Waals surface area contributed by atoms with Crippen molar-refractivity contribution in [3.8, 4) is 0 Å². The van der Waals surface area contributed by atoms with Crippen LogP contribution in [0.1, 0.15) is 41.7 Å². The third kappa shape index (κ3) is 2.71. The molecule has 1 N–H and O–H groups in total. The highest BCUT2D eigenvalue weighted by Crippen LogP contribution is 2.45. The number of hydrogen-bond acceptors (Lipinski definition) is 3. The summed E-state index contributed by atoms with van der Waals surface area (Å²) in [5.74, 6) is -0.861. The number of pyridine rings is 1. The first-order chi connectivity index (χ1) is 12.0. The summed E-state index contributed by atoms with van der Waals surface area (Å²) in [5.41, 5.74) is 1.77. The van der Waals surface area contributed by atoms with Crippen LogP contribution in [0.3, 0.4) is 0 Å². The summed E-state index contributed by atoms with van der Waals surface area (Å²) in [6, 6.07) is 6.04. The van der Waals surface area contributed by atoms with Gasteiger partial charge in [-0.15, -0.1) is 0 Å². The normalized spacial score (nSPS) is 22.6. The molecule has 1 aromatic heterocycles. The zero-order valence-electron chi connectivity index (χ0n) is 13.1. The summed E-state index contributed by atoms with van der Waals surface area (Å²) in [5, 5.41) is 11.2. The molecular weight excluding hydrogens is 366 g/mol. The topological polar surface area (TPSA) is 53.4 Å². The molecule has 0 aliphatic carbocycles. The molecule has 0 radical (unpaired) electrons. The number of halogens is 3. The van der Waals surface area contributed by atoms with Crippen molar-refractivity contribution < 1.29 is 14.3 Å². The van der Waals surface area contributed by atoms with Gasteiger partial charge in [-0.1, -0.05) is 29.3 Å². The summed E-state index contributed by atoms with van der Waals surface area (Å²) < 4.78 is 14.0. The number of nitrogens with zero attached hydrogens (tertiary/aromatic N) is 2. The predicted octanol–water partition coefficient (Wildman–Crippen LogP) is 3.85. The summed E-state index contributed by atoms with van der Waals surface area (Å²) in [6.07, 6.45) is 2.04. The molecule has 0 spiro atoms. The second-order valence-electron chi connectivity index (χ2n) is 6.44. The maximum Gasteiger partial charge on any atom is 0.256 e. The molecule has 2 bridgehead atoms. The zero-order chi connectivity index (χ0) is 17.7. The molecule has 7 heteroatoms. The van der Waals surface area contributed by atoms with E-state index in [1.165, 1.54) is 12.3 Å². The standard InChI is InChI=1S/C18H15Cl2FN2O2/c19-13-3-1-9(7-14(13)20)16(24)18(25)23-10-2-4-15(23)11-5-6-22-17(21)12(11)8-10/h1,3,5-7,10,15-16,24H,2,4,8H2/t10-,15+,16?/m0/s1. The molecule has 3 atom stereocenters. The highest BCUT2D eigenvalue weighted by atomic mass is 35.5. The van der Waals surface area contributed by atoms with Crippen LogP contribution in [0.25, 0.3) is 0 Å². The van der Waals surface area contributed by atoms with Gasteiger partial charge in [0.2, 0.25) is 5.95 Å². The van der Waals surface area contributed by atoms with Crippen LogP contribution in [0.15, 0.2) is 30.5 Å². The monoisotopic (exact) mass is 380 g/mol. The summed E-state index contributed by atoms with van der Waals surface area (Å²) in [7, 11) is 0. The minimum absolute atomic E-state index is 0.124. The average Bonchev–Trinajstić information content (AvgIpc) is 2.92. The molecule has 0 saturated carbocycles. The van der Waals surface area contributed by atoms with Crippen LogP contribution in [-0.4, -0.2) is 26.9 Å². The maximum atomic E-state index is 14.0. The quantitative estimate of drug-likeness (QED) is 0.805. The van der Waals surface area contributed by atoms with Gasteiger partial charge in [-0.3, -0.25) is 4.79 Å². The van der Waals surface area contributed by atoms with E-state index >= 15 is 0 Å². The Labute approximate surface area is 154 Å². The predicted molar refractivity (Wildman–Crippen MR) is 91.9 cm³/mol. The van der Waals surface area contributed by atoms with Gasteiger partial charge in [0, 0.05) is 17.8 Å². The Balaban J connectivity index is 1.66. The van der Waals surface area contributed by atoms with Crippen LogP contribution >= 0.6 is 23.2 Å². The van der Waals surface area contributed by atoms with Gasteiger partial charge >= 0.3 is 0 Å². The summed E-state index contributed by atoms with van der Waals surface area (Å²) >= 11 is 11.9. The lowest BCUT2D eigenvalue weighted by Gasteiger charge is -2.37. The number of carbonyl (C=O) groups excluding carboxylic acids is 1. The van der Waals surface area contributed by atoms with Crippen molar-refractivity contribution in [3.63, 3.8) is 0 Å². The molecule has 1 unspecified atom stereocenters. The number of hydrogen-bond donors (Lipinski definition) is 1. The first kappa shape index (κ1) is 16.8. The van der Waals surface area contributed by atoms with Gasteiger partial charge in [0.05, 0.1) is 16.1 Å². The van der Waals surface area contributed by atoms with E-state index in [9.17, 15) is 14.3 Å². The Morgan fingerprint density at radius 1 is 1.28 bits per heavy atom. The van der Waals surface area contributed by atoms with Crippen LogP contribution in [0, 0.1) is 5.95 Å². The Kier molecular flexibility index (Phi) is 4.18. The molecule has 4 nitrogen and oxygen atoms in total. The number of fused-ring (bicyclic) bond motifs is 4. The summed E-state index contributed by atoms with van der Waals surface area (Å²) in [4.78, 5) is 18.3. The molecule has 1 saturated heterocycles. The van der Waals surface area contributed by atoms with E-state index < -0.39 is 18.0 Å². The Morgan fingerprint density at radius 3 is 2.84 bits per heavy atom. The van der Waals surface area contributed by atoms with E-state index in [2.05, 4.69) is 4.98 Å². The maximum absolute atomic E-state index is 14.0. The number of carbonyl (C=O) groups is 1. The Morgan fingerprint density at radius 2 is 2.08 bits per heavy atom. The average molecular weight is 381 g/mol. The molecule has 1 amide bonds. The summed E-state index contributed by atoms with van der Waals surface area (Å²) in [6.45, 7) is 0. The lowest BCUT2D eigenvalue weighted by Crippen LogP contribution is -2.44. The van der Waals surface area contributed by atoms with Crippen molar-refractivity contribution in [2.45, 2.75) is 37.5 Å². The van der Waals surface area contributed by atoms with Crippen LogP contribution in [0.4, 0.5) is 4.39 Å². The molecule has 130 valence electrons. The van der Waals surface area contributed by atoms with E-state index in [0.717, 1.165) is 18.4 Å². The first-order valence-corrected chi connectivity index (χ1v) is 8.81. The van der Waals surface area contributed by atoms with Gasteiger partial charge in [-0.05, 0) is 48.6 Å². The van der Waals surface area contributed by atoms with Crippen molar-refractivity contribution in [2.24, 2.45) is 0 Å². The first-order valence-electron chi connectivity index (χ1n) is 8.06. The van der Waals surface area contributed by atoms with Crippen molar-refractivity contribution >= 4 is 29.1 Å². The molecule has 25 heavy (non-hydrogen) atoms. The molecule has 2 aliphatic heterocycles. The number of amides is 1. The van der Waals surface area contributed by atoms with E-state index in [0.29, 0.717) is 22.6 Å².